The minimum Gasteiger partial charge on any atom is -0.461 e. The van der Waals surface area contributed by atoms with Crippen LogP contribution in [0.4, 0.5) is 5.69 Å². The zero-order valence-electron chi connectivity index (χ0n) is 14.4. The van der Waals surface area contributed by atoms with E-state index < -0.39 is 17.3 Å². The summed E-state index contributed by atoms with van der Waals surface area (Å²) in [5, 5.41) is 0. The van der Waals surface area contributed by atoms with E-state index in [4.69, 9.17) is 9.47 Å². The normalized spacial score (nSPS) is 18.5. The van der Waals surface area contributed by atoms with Gasteiger partial charge in [-0.2, -0.15) is 0 Å². The molecular weight excluding hydrogens is 334 g/mol. The number of methoxy groups -OCH3 is 1. The molecule has 26 heavy (non-hydrogen) atoms. The number of anilines is 1. The van der Waals surface area contributed by atoms with Crippen molar-refractivity contribution in [2.45, 2.75) is 18.4 Å². The maximum Gasteiger partial charge on any atom is 0.308 e. The number of amides is 1. The molecular formula is C20H19NO5. The van der Waals surface area contributed by atoms with Crippen LogP contribution in [0.25, 0.3) is 0 Å². The van der Waals surface area contributed by atoms with Gasteiger partial charge in [0.25, 0.3) is 0 Å². The Kier molecular flexibility index (Phi) is 5.14. The quantitative estimate of drug-likeness (QED) is 0.433. The van der Waals surface area contributed by atoms with Crippen molar-refractivity contribution in [1.29, 1.82) is 0 Å². The smallest absolute Gasteiger partial charge is 0.308 e. The van der Waals surface area contributed by atoms with Gasteiger partial charge in [0.2, 0.25) is 5.91 Å². The van der Waals surface area contributed by atoms with E-state index in [1.807, 2.05) is 30.3 Å². The molecule has 0 saturated carbocycles. The van der Waals surface area contributed by atoms with Crippen LogP contribution in [0.1, 0.15) is 17.5 Å². The van der Waals surface area contributed by atoms with Gasteiger partial charge in [0.1, 0.15) is 25.0 Å². The molecule has 3 rings (SSSR count). The highest BCUT2D eigenvalue weighted by Crippen LogP contribution is 2.43. The number of rotatable bonds is 7. The lowest BCUT2D eigenvalue weighted by Gasteiger charge is -2.22. The molecule has 6 nitrogen and oxygen atoms in total. The highest BCUT2D eigenvalue weighted by atomic mass is 16.5. The van der Waals surface area contributed by atoms with Gasteiger partial charge in [-0.1, -0.05) is 48.5 Å². The van der Waals surface area contributed by atoms with Crippen LogP contribution in [0.15, 0.2) is 54.6 Å². The van der Waals surface area contributed by atoms with E-state index in [2.05, 4.69) is 0 Å². The molecule has 1 amide bonds. The molecule has 1 aliphatic rings. The van der Waals surface area contributed by atoms with Gasteiger partial charge in [0, 0.05) is 7.11 Å². The van der Waals surface area contributed by atoms with Gasteiger partial charge >= 0.3 is 5.97 Å². The van der Waals surface area contributed by atoms with Crippen molar-refractivity contribution in [3.05, 3.63) is 65.7 Å². The fraction of sp³-hybridized carbons (Fsp3) is 0.250. The van der Waals surface area contributed by atoms with Crippen LogP contribution in [-0.4, -0.2) is 32.0 Å². The number of benzene rings is 2. The Bertz CT molecular complexity index is 820. The number of para-hydroxylation sites is 1. The second kappa shape index (κ2) is 7.49. The Morgan fingerprint density at radius 1 is 1.12 bits per heavy atom. The number of hydrogen-bond donors (Lipinski definition) is 0. The van der Waals surface area contributed by atoms with Gasteiger partial charge in [0.05, 0.1) is 12.1 Å². The molecule has 0 fully saturated rings. The van der Waals surface area contributed by atoms with E-state index in [0.29, 0.717) is 17.5 Å². The molecule has 6 heteroatoms. The summed E-state index contributed by atoms with van der Waals surface area (Å²) < 4.78 is 10.3. The Balaban J connectivity index is 1.83. The zero-order chi connectivity index (χ0) is 18.6. The maximum atomic E-state index is 12.9. The highest BCUT2D eigenvalue weighted by molar-refractivity contribution is 6.18. The number of hydrogen-bond acceptors (Lipinski definition) is 5. The van der Waals surface area contributed by atoms with Crippen molar-refractivity contribution in [3.8, 4) is 0 Å². The van der Waals surface area contributed by atoms with E-state index in [-0.39, 0.29) is 19.8 Å². The predicted octanol–water partition coefficient (Wildman–Crippen LogP) is 2.21. The first-order chi connectivity index (χ1) is 12.6. The van der Waals surface area contributed by atoms with Gasteiger partial charge in [-0.05, 0) is 17.2 Å². The van der Waals surface area contributed by atoms with Crippen LogP contribution in [0.2, 0.25) is 0 Å². The summed E-state index contributed by atoms with van der Waals surface area (Å²) in [5.41, 5.74) is 0.319. The number of aldehydes is 1. The fourth-order valence-corrected chi connectivity index (χ4v) is 3.15. The second-order valence-corrected chi connectivity index (χ2v) is 6.08. The molecule has 1 aliphatic heterocycles. The summed E-state index contributed by atoms with van der Waals surface area (Å²) in [6, 6.07) is 16.1. The van der Waals surface area contributed by atoms with Crippen molar-refractivity contribution in [3.63, 3.8) is 0 Å². The Labute approximate surface area is 151 Å². The molecule has 0 saturated heterocycles. The molecule has 0 aliphatic carbocycles. The SMILES string of the molecule is COCN1C(=O)C(C=O)(CC(=O)OCc2ccccc2)c2ccccc21. The molecule has 0 N–H and O–H groups in total. The van der Waals surface area contributed by atoms with E-state index in [1.54, 1.807) is 24.3 Å². The molecule has 134 valence electrons. The Morgan fingerprint density at radius 2 is 1.81 bits per heavy atom. The first-order valence-corrected chi connectivity index (χ1v) is 8.18. The molecule has 2 aromatic carbocycles. The molecule has 1 unspecified atom stereocenters. The monoisotopic (exact) mass is 353 g/mol. The number of nitrogens with zero attached hydrogens (tertiary/aromatic N) is 1. The fourth-order valence-electron chi connectivity index (χ4n) is 3.15. The lowest BCUT2D eigenvalue weighted by molar-refractivity contribution is -0.149. The lowest BCUT2D eigenvalue weighted by atomic mass is 9.80. The molecule has 0 aromatic heterocycles. The zero-order valence-corrected chi connectivity index (χ0v) is 14.4. The molecule has 2 aromatic rings. The van der Waals surface area contributed by atoms with E-state index in [9.17, 15) is 14.4 Å². The number of esters is 1. The van der Waals surface area contributed by atoms with Gasteiger partial charge in [0.15, 0.2) is 0 Å². The van der Waals surface area contributed by atoms with Crippen LogP contribution in [0.3, 0.4) is 0 Å². The first-order valence-electron chi connectivity index (χ1n) is 8.18. The Hall–Kier alpha value is -2.99. The Morgan fingerprint density at radius 3 is 2.50 bits per heavy atom. The number of fused-ring (bicyclic) bond motifs is 1. The molecule has 0 bridgehead atoms. The summed E-state index contributed by atoms with van der Waals surface area (Å²) >= 11 is 0. The second-order valence-electron chi connectivity index (χ2n) is 6.08. The third-order valence-electron chi connectivity index (χ3n) is 4.43. The van der Waals surface area contributed by atoms with E-state index >= 15 is 0 Å². The molecule has 1 atom stereocenters. The average Bonchev–Trinajstić information content (AvgIpc) is 2.91. The van der Waals surface area contributed by atoms with Crippen LogP contribution >= 0.6 is 0 Å². The highest BCUT2D eigenvalue weighted by Gasteiger charge is 2.52. The van der Waals surface area contributed by atoms with Gasteiger partial charge < -0.3 is 14.3 Å². The summed E-state index contributed by atoms with van der Waals surface area (Å²) in [6.07, 6.45) is 0.187. The lowest BCUT2D eigenvalue weighted by Crippen LogP contribution is -2.44. The van der Waals surface area contributed by atoms with Crippen LogP contribution in [0.5, 0.6) is 0 Å². The first kappa shape index (κ1) is 17.8. The standard InChI is InChI=1S/C20H19NO5/c1-25-14-21-17-10-6-5-9-16(17)20(13-22,19(21)24)11-18(23)26-12-15-7-3-2-4-8-15/h2-10,13H,11-12,14H2,1H3. The van der Waals surface area contributed by atoms with Crippen molar-refractivity contribution < 1.29 is 23.9 Å². The minimum atomic E-state index is -1.58. The molecule has 0 spiro atoms. The minimum absolute atomic E-state index is 0.00446. The third kappa shape index (κ3) is 3.11. The maximum absolute atomic E-state index is 12.9. The van der Waals surface area contributed by atoms with Crippen molar-refractivity contribution >= 4 is 23.9 Å². The largest absolute Gasteiger partial charge is 0.461 e. The van der Waals surface area contributed by atoms with E-state index in [1.165, 1.54) is 12.0 Å². The molecule has 1 heterocycles. The van der Waals surface area contributed by atoms with Crippen molar-refractivity contribution in [2.75, 3.05) is 18.7 Å². The third-order valence-corrected chi connectivity index (χ3v) is 4.43. The van der Waals surface area contributed by atoms with Crippen LogP contribution < -0.4 is 4.90 Å². The molecule has 0 radical (unpaired) electrons. The number of ether oxygens (including phenoxy) is 2. The average molecular weight is 353 g/mol. The number of carbonyl (C=O) groups is 3. The van der Waals surface area contributed by atoms with Gasteiger partial charge in [-0.25, -0.2) is 0 Å². The summed E-state index contributed by atoms with van der Waals surface area (Å²) in [5.74, 6) is -1.09. The van der Waals surface area contributed by atoms with Crippen LogP contribution in [-0.2, 0) is 35.9 Å². The van der Waals surface area contributed by atoms with E-state index in [0.717, 1.165) is 5.56 Å². The van der Waals surface area contributed by atoms with Crippen molar-refractivity contribution in [1.82, 2.24) is 0 Å². The summed E-state index contributed by atoms with van der Waals surface area (Å²) in [6.45, 7) is 0.0940. The van der Waals surface area contributed by atoms with Crippen LogP contribution in [0, 0.1) is 0 Å². The van der Waals surface area contributed by atoms with Gasteiger partial charge in [-0.3, -0.25) is 14.5 Å². The number of carbonyl (C=O) groups excluding carboxylic acids is 3. The predicted molar refractivity (Wildman–Crippen MR) is 94.4 cm³/mol. The van der Waals surface area contributed by atoms with Crippen molar-refractivity contribution in [2.24, 2.45) is 0 Å². The summed E-state index contributed by atoms with van der Waals surface area (Å²) in [7, 11) is 1.46. The van der Waals surface area contributed by atoms with Gasteiger partial charge in [-0.15, -0.1) is 0 Å². The summed E-state index contributed by atoms with van der Waals surface area (Å²) in [4.78, 5) is 38.6. The topological polar surface area (TPSA) is 72.9 Å².